The van der Waals surface area contributed by atoms with Crippen molar-refractivity contribution in [1.82, 2.24) is 5.32 Å². The van der Waals surface area contributed by atoms with Gasteiger partial charge in [-0.25, -0.2) is 0 Å². The third-order valence-electron chi connectivity index (χ3n) is 3.68. The van der Waals surface area contributed by atoms with E-state index >= 15 is 0 Å². The van der Waals surface area contributed by atoms with Crippen LogP contribution < -0.4 is 10.6 Å². The molecule has 3 rings (SSSR count). The van der Waals surface area contributed by atoms with Crippen LogP contribution in [0.25, 0.3) is 0 Å². The molecular formula is C17H20N2OS. The highest BCUT2D eigenvalue weighted by molar-refractivity contribution is 7.12. The van der Waals surface area contributed by atoms with Crippen LogP contribution in [-0.4, -0.2) is 12.5 Å². The van der Waals surface area contributed by atoms with Crippen LogP contribution >= 0.6 is 11.3 Å². The van der Waals surface area contributed by atoms with Crippen molar-refractivity contribution in [2.24, 2.45) is 0 Å². The van der Waals surface area contributed by atoms with Gasteiger partial charge in [0.2, 0.25) is 5.91 Å². The Bertz CT molecular complexity index is 626. The van der Waals surface area contributed by atoms with Gasteiger partial charge in [-0.1, -0.05) is 12.1 Å². The van der Waals surface area contributed by atoms with Crippen LogP contribution in [0.1, 0.15) is 27.3 Å². The third-order valence-corrected chi connectivity index (χ3v) is 4.92. The van der Waals surface area contributed by atoms with Gasteiger partial charge in [0.1, 0.15) is 0 Å². The van der Waals surface area contributed by atoms with Gasteiger partial charge >= 0.3 is 0 Å². The molecule has 1 heterocycles. The molecule has 0 radical (unpaired) electrons. The van der Waals surface area contributed by atoms with Gasteiger partial charge < -0.3 is 10.6 Å². The third kappa shape index (κ3) is 3.71. The molecule has 0 atom stereocenters. The summed E-state index contributed by atoms with van der Waals surface area (Å²) in [7, 11) is 0. The van der Waals surface area contributed by atoms with Crippen molar-refractivity contribution in [2.45, 2.75) is 32.7 Å². The normalized spacial score (nSPS) is 13.2. The predicted molar refractivity (Wildman–Crippen MR) is 87.9 cm³/mol. The maximum absolute atomic E-state index is 11.9. The number of amides is 1. The average Bonchev–Trinajstić information content (AvgIpc) is 2.99. The minimum absolute atomic E-state index is 0.00435. The first-order valence-electron chi connectivity index (χ1n) is 7.38. The lowest BCUT2D eigenvalue weighted by molar-refractivity contribution is -0.115. The Morgan fingerprint density at radius 2 is 2.19 bits per heavy atom. The standard InChI is InChI=1S/C17H20N2OS/c1-12-4-2-6-14(8-12)19-17(20)11-18-10-15-9-13-5-3-7-16(13)21-15/h2,4,6,8-9,18H,3,5,7,10-11H2,1H3,(H,19,20). The van der Waals surface area contributed by atoms with Gasteiger partial charge in [0.05, 0.1) is 6.54 Å². The quantitative estimate of drug-likeness (QED) is 0.890. The van der Waals surface area contributed by atoms with Gasteiger partial charge in [-0.05, 0) is 55.5 Å². The molecule has 21 heavy (non-hydrogen) atoms. The van der Waals surface area contributed by atoms with E-state index < -0.39 is 0 Å². The monoisotopic (exact) mass is 300 g/mol. The molecule has 1 aliphatic rings. The number of hydrogen-bond donors (Lipinski definition) is 2. The minimum atomic E-state index is 0.00435. The number of nitrogens with one attached hydrogen (secondary N) is 2. The van der Waals surface area contributed by atoms with E-state index in [9.17, 15) is 4.79 Å². The van der Waals surface area contributed by atoms with E-state index in [-0.39, 0.29) is 5.91 Å². The fourth-order valence-electron chi connectivity index (χ4n) is 2.70. The summed E-state index contributed by atoms with van der Waals surface area (Å²) >= 11 is 1.89. The summed E-state index contributed by atoms with van der Waals surface area (Å²) in [6, 6.07) is 10.1. The predicted octanol–water partition coefficient (Wildman–Crippen LogP) is 3.27. The van der Waals surface area contributed by atoms with Crippen LogP contribution in [0.5, 0.6) is 0 Å². The molecule has 1 aromatic heterocycles. The fourth-order valence-corrected chi connectivity index (χ4v) is 3.94. The highest BCUT2D eigenvalue weighted by Crippen LogP contribution is 2.30. The van der Waals surface area contributed by atoms with E-state index in [1.165, 1.54) is 34.6 Å². The Morgan fingerprint density at radius 3 is 3.00 bits per heavy atom. The molecule has 0 aliphatic heterocycles. The maximum atomic E-state index is 11.9. The molecule has 0 fully saturated rings. The zero-order valence-corrected chi connectivity index (χ0v) is 13.1. The van der Waals surface area contributed by atoms with Crippen molar-refractivity contribution in [3.05, 3.63) is 51.2 Å². The highest BCUT2D eigenvalue weighted by Gasteiger charge is 2.14. The van der Waals surface area contributed by atoms with Crippen molar-refractivity contribution in [3.63, 3.8) is 0 Å². The average molecular weight is 300 g/mol. The molecule has 3 nitrogen and oxygen atoms in total. The number of aryl methyl sites for hydroxylation is 3. The Balaban J connectivity index is 1.45. The van der Waals surface area contributed by atoms with E-state index in [1.807, 2.05) is 42.5 Å². The number of hydrogen-bond acceptors (Lipinski definition) is 3. The zero-order valence-electron chi connectivity index (χ0n) is 12.2. The van der Waals surface area contributed by atoms with Crippen LogP contribution in [0.3, 0.4) is 0 Å². The van der Waals surface area contributed by atoms with Gasteiger partial charge in [-0.3, -0.25) is 4.79 Å². The Morgan fingerprint density at radius 1 is 1.29 bits per heavy atom. The molecule has 1 aliphatic carbocycles. The van der Waals surface area contributed by atoms with E-state index in [0.717, 1.165) is 17.8 Å². The first-order valence-corrected chi connectivity index (χ1v) is 8.20. The van der Waals surface area contributed by atoms with Crippen molar-refractivity contribution in [3.8, 4) is 0 Å². The number of fused-ring (bicyclic) bond motifs is 1. The number of carbonyl (C=O) groups excluding carboxylic acids is 1. The first-order chi connectivity index (χ1) is 10.2. The number of thiophene rings is 1. The van der Waals surface area contributed by atoms with Crippen LogP contribution in [0.4, 0.5) is 5.69 Å². The molecule has 0 saturated heterocycles. The van der Waals surface area contributed by atoms with Crippen LogP contribution in [0, 0.1) is 6.92 Å². The lowest BCUT2D eigenvalue weighted by Gasteiger charge is -2.06. The summed E-state index contributed by atoms with van der Waals surface area (Å²) in [5.41, 5.74) is 3.52. The number of carbonyl (C=O) groups is 1. The smallest absolute Gasteiger partial charge is 0.238 e. The second-order valence-electron chi connectivity index (χ2n) is 5.54. The fraction of sp³-hybridized carbons (Fsp3) is 0.353. The number of rotatable bonds is 5. The Kier molecular flexibility index (Phi) is 4.36. The van der Waals surface area contributed by atoms with Crippen molar-refractivity contribution < 1.29 is 4.79 Å². The lowest BCUT2D eigenvalue weighted by atomic mass is 10.2. The molecule has 110 valence electrons. The van der Waals surface area contributed by atoms with Gasteiger partial charge in [0.15, 0.2) is 0 Å². The van der Waals surface area contributed by atoms with E-state index in [4.69, 9.17) is 0 Å². The lowest BCUT2D eigenvalue weighted by Crippen LogP contribution is -2.27. The van der Waals surface area contributed by atoms with Gasteiger partial charge in [0, 0.05) is 22.0 Å². The van der Waals surface area contributed by atoms with E-state index in [1.54, 1.807) is 0 Å². The summed E-state index contributed by atoms with van der Waals surface area (Å²) in [6.07, 6.45) is 3.75. The summed E-state index contributed by atoms with van der Waals surface area (Å²) in [5.74, 6) is 0.00435. The molecule has 2 aromatic rings. The van der Waals surface area contributed by atoms with Gasteiger partial charge in [-0.2, -0.15) is 0 Å². The molecule has 0 unspecified atom stereocenters. The summed E-state index contributed by atoms with van der Waals surface area (Å²) in [5, 5.41) is 6.13. The molecule has 1 amide bonds. The van der Waals surface area contributed by atoms with Crippen molar-refractivity contribution in [2.75, 3.05) is 11.9 Å². The topological polar surface area (TPSA) is 41.1 Å². The number of benzene rings is 1. The maximum Gasteiger partial charge on any atom is 0.238 e. The minimum Gasteiger partial charge on any atom is -0.325 e. The first kappa shape index (κ1) is 14.3. The van der Waals surface area contributed by atoms with E-state index in [0.29, 0.717) is 6.54 Å². The Labute approximate surface area is 129 Å². The van der Waals surface area contributed by atoms with Crippen LogP contribution in [-0.2, 0) is 24.2 Å². The molecular weight excluding hydrogens is 280 g/mol. The largest absolute Gasteiger partial charge is 0.325 e. The number of anilines is 1. The SMILES string of the molecule is Cc1cccc(NC(=O)CNCc2cc3c(s2)CCC3)c1. The van der Waals surface area contributed by atoms with Crippen LogP contribution in [0.2, 0.25) is 0 Å². The second-order valence-corrected chi connectivity index (χ2v) is 6.76. The second kappa shape index (κ2) is 6.41. The van der Waals surface area contributed by atoms with E-state index in [2.05, 4.69) is 16.7 Å². The van der Waals surface area contributed by atoms with Crippen LogP contribution in [0.15, 0.2) is 30.3 Å². The summed E-state index contributed by atoms with van der Waals surface area (Å²) in [4.78, 5) is 14.8. The molecule has 0 bridgehead atoms. The highest BCUT2D eigenvalue weighted by atomic mass is 32.1. The van der Waals surface area contributed by atoms with Crippen molar-refractivity contribution in [1.29, 1.82) is 0 Å². The van der Waals surface area contributed by atoms with Crippen molar-refractivity contribution >= 4 is 22.9 Å². The summed E-state index contributed by atoms with van der Waals surface area (Å²) in [6.45, 7) is 3.14. The van der Waals surface area contributed by atoms with Gasteiger partial charge in [-0.15, -0.1) is 11.3 Å². The van der Waals surface area contributed by atoms with Gasteiger partial charge in [0.25, 0.3) is 0 Å². The Hall–Kier alpha value is -1.65. The molecule has 0 saturated carbocycles. The molecule has 2 N–H and O–H groups in total. The molecule has 0 spiro atoms. The molecule has 4 heteroatoms. The molecule has 1 aromatic carbocycles. The summed E-state index contributed by atoms with van der Waals surface area (Å²) < 4.78 is 0. The zero-order chi connectivity index (χ0) is 14.7.